The van der Waals surface area contributed by atoms with Crippen LogP contribution in [0.15, 0.2) is 18.2 Å². The summed E-state index contributed by atoms with van der Waals surface area (Å²) in [6.07, 6.45) is 0. The molecule has 0 aliphatic carbocycles. The predicted molar refractivity (Wildman–Crippen MR) is 56.4 cm³/mol. The van der Waals surface area contributed by atoms with Crippen LogP contribution in [0.1, 0.15) is 31.9 Å². The first-order valence-electron chi connectivity index (χ1n) is 4.57. The van der Waals surface area contributed by atoms with Gasteiger partial charge in [0.25, 0.3) is 0 Å². The van der Waals surface area contributed by atoms with Crippen molar-refractivity contribution in [2.24, 2.45) is 0 Å². The van der Waals surface area contributed by atoms with Gasteiger partial charge < -0.3 is 4.74 Å². The van der Waals surface area contributed by atoms with Gasteiger partial charge in [0.1, 0.15) is 5.75 Å². The van der Waals surface area contributed by atoms with E-state index >= 15 is 0 Å². The number of benzene rings is 1. The van der Waals surface area contributed by atoms with E-state index in [9.17, 15) is 0 Å². The highest BCUT2D eigenvalue weighted by Crippen LogP contribution is 2.28. The van der Waals surface area contributed by atoms with Crippen LogP contribution in [0.2, 0.25) is 0 Å². The van der Waals surface area contributed by atoms with Crippen LogP contribution >= 0.6 is 0 Å². The minimum atomic E-state index is -0.00264. The highest BCUT2D eigenvalue weighted by atomic mass is 16.5. The number of methoxy groups -OCH3 is 1. The first-order chi connectivity index (χ1) is 6.49. The summed E-state index contributed by atoms with van der Waals surface area (Å²) in [7, 11) is 1.60. The fourth-order valence-corrected chi connectivity index (χ4v) is 1.40. The van der Waals surface area contributed by atoms with Crippen molar-refractivity contribution >= 4 is 0 Å². The number of hydrogen-bond acceptors (Lipinski definition) is 2. The summed E-state index contributed by atoms with van der Waals surface area (Å²) in [5.41, 5.74) is 1.75. The molecule has 0 fully saturated rings. The van der Waals surface area contributed by atoms with Gasteiger partial charge in [-0.25, -0.2) is 0 Å². The Labute approximate surface area is 85.1 Å². The van der Waals surface area contributed by atoms with Crippen molar-refractivity contribution in [3.05, 3.63) is 29.3 Å². The molecule has 0 heterocycles. The number of rotatable bonds is 1. The van der Waals surface area contributed by atoms with Crippen molar-refractivity contribution < 1.29 is 4.74 Å². The zero-order valence-corrected chi connectivity index (χ0v) is 9.09. The van der Waals surface area contributed by atoms with Gasteiger partial charge >= 0.3 is 0 Å². The number of nitrogens with zero attached hydrogens (tertiary/aromatic N) is 1. The fraction of sp³-hybridized carbons (Fsp3) is 0.417. The summed E-state index contributed by atoms with van der Waals surface area (Å²) in [6.45, 7) is 6.28. The summed E-state index contributed by atoms with van der Waals surface area (Å²) < 4.78 is 5.07. The molecule has 0 aliphatic heterocycles. The van der Waals surface area contributed by atoms with Gasteiger partial charge in [-0.3, -0.25) is 0 Å². The molecule has 0 bridgehead atoms. The maximum absolute atomic E-state index is 9.00. The maximum Gasteiger partial charge on any atom is 0.120 e. The quantitative estimate of drug-likeness (QED) is 0.680. The van der Waals surface area contributed by atoms with Crippen LogP contribution in [0.5, 0.6) is 5.75 Å². The lowest BCUT2D eigenvalue weighted by atomic mass is 9.84. The van der Waals surface area contributed by atoms with Gasteiger partial charge in [-0.2, -0.15) is 5.26 Å². The third-order valence-corrected chi connectivity index (χ3v) is 2.16. The summed E-state index contributed by atoms with van der Waals surface area (Å²) in [4.78, 5) is 0. The second kappa shape index (κ2) is 3.71. The topological polar surface area (TPSA) is 33.0 Å². The molecule has 2 heteroatoms. The van der Waals surface area contributed by atoms with Crippen LogP contribution in [0.3, 0.4) is 0 Å². The Hall–Kier alpha value is -1.49. The zero-order valence-electron chi connectivity index (χ0n) is 9.09. The van der Waals surface area contributed by atoms with Crippen molar-refractivity contribution in [1.29, 1.82) is 5.26 Å². The molecule has 2 nitrogen and oxygen atoms in total. The Morgan fingerprint density at radius 2 is 1.93 bits per heavy atom. The van der Waals surface area contributed by atoms with Crippen LogP contribution in [0.4, 0.5) is 0 Å². The molecule has 0 amide bonds. The molecule has 0 unspecified atom stereocenters. The van der Waals surface area contributed by atoms with Crippen molar-refractivity contribution in [3.63, 3.8) is 0 Å². The third-order valence-electron chi connectivity index (χ3n) is 2.16. The first-order valence-corrected chi connectivity index (χ1v) is 4.57. The molecule has 0 radical (unpaired) electrons. The van der Waals surface area contributed by atoms with Crippen LogP contribution in [0, 0.1) is 11.3 Å². The van der Waals surface area contributed by atoms with Gasteiger partial charge in [0, 0.05) is 0 Å². The first kappa shape index (κ1) is 10.6. The molecule has 0 aliphatic rings. The standard InChI is InChI=1S/C12H15NO/c1-12(2,3)11-6-5-10(14-4)7-9(11)8-13/h5-7H,1-4H3. The molecule has 0 saturated carbocycles. The average Bonchev–Trinajstić information content (AvgIpc) is 2.15. The lowest BCUT2D eigenvalue weighted by Gasteiger charge is -2.20. The van der Waals surface area contributed by atoms with Crippen molar-refractivity contribution in [1.82, 2.24) is 0 Å². The Balaban J connectivity index is 3.28. The van der Waals surface area contributed by atoms with Crippen LogP contribution in [-0.2, 0) is 5.41 Å². The highest BCUT2D eigenvalue weighted by molar-refractivity contribution is 5.46. The maximum atomic E-state index is 9.00. The lowest BCUT2D eigenvalue weighted by molar-refractivity contribution is 0.414. The molecule has 0 N–H and O–H groups in total. The van der Waals surface area contributed by atoms with E-state index in [4.69, 9.17) is 10.00 Å². The van der Waals surface area contributed by atoms with Crippen LogP contribution in [-0.4, -0.2) is 7.11 Å². The van der Waals surface area contributed by atoms with E-state index in [0.717, 1.165) is 11.3 Å². The van der Waals surface area contributed by atoms with E-state index in [-0.39, 0.29) is 5.41 Å². The molecular weight excluding hydrogens is 174 g/mol. The average molecular weight is 189 g/mol. The van der Waals surface area contributed by atoms with Gasteiger partial charge in [-0.1, -0.05) is 26.8 Å². The zero-order chi connectivity index (χ0) is 10.8. The van der Waals surface area contributed by atoms with Crippen molar-refractivity contribution in [3.8, 4) is 11.8 Å². The number of hydrogen-bond donors (Lipinski definition) is 0. The van der Waals surface area contributed by atoms with Gasteiger partial charge in [0.15, 0.2) is 0 Å². The Bertz CT molecular complexity index is 369. The summed E-state index contributed by atoms with van der Waals surface area (Å²) in [5.74, 6) is 0.731. The number of nitriles is 1. The molecule has 14 heavy (non-hydrogen) atoms. The molecule has 0 atom stereocenters. The van der Waals surface area contributed by atoms with E-state index in [1.807, 2.05) is 12.1 Å². The molecule has 1 aromatic rings. The second-order valence-electron chi connectivity index (χ2n) is 4.27. The van der Waals surface area contributed by atoms with E-state index in [2.05, 4.69) is 26.8 Å². The van der Waals surface area contributed by atoms with E-state index in [1.54, 1.807) is 13.2 Å². The smallest absolute Gasteiger partial charge is 0.120 e. The minimum absolute atomic E-state index is 0.00264. The van der Waals surface area contributed by atoms with Gasteiger partial charge in [-0.05, 0) is 23.1 Å². The molecule has 74 valence electrons. The highest BCUT2D eigenvalue weighted by Gasteiger charge is 2.18. The Morgan fingerprint density at radius 1 is 1.29 bits per heavy atom. The Morgan fingerprint density at radius 3 is 2.36 bits per heavy atom. The fourth-order valence-electron chi connectivity index (χ4n) is 1.40. The normalized spacial score (nSPS) is 10.8. The molecular formula is C12H15NO. The summed E-state index contributed by atoms with van der Waals surface area (Å²) in [5, 5.41) is 9.00. The van der Waals surface area contributed by atoms with Crippen molar-refractivity contribution in [2.45, 2.75) is 26.2 Å². The molecule has 0 saturated heterocycles. The van der Waals surface area contributed by atoms with Crippen LogP contribution < -0.4 is 4.74 Å². The lowest BCUT2D eigenvalue weighted by Crippen LogP contribution is -2.13. The monoisotopic (exact) mass is 189 g/mol. The van der Waals surface area contributed by atoms with E-state index < -0.39 is 0 Å². The van der Waals surface area contributed by atoms with E-state index in [1.165, 1.54) is 0 Å². The van der Waals surface area contributed by atoms with Crippen LogP contribution in [0.25, 0.3) is 0 Å². The largest absolute Gasteiger partial charge is 0.497 e. The third kappa shape index (κ3) is 2.05. The minimum Gasteiger partial charge on any atom is -0.497 e. The summed E-state index contributed by atoms with van der Waals surface area (Å²) in [6, 6.07) is 7.82. The second-order valence-corrected chi connectivity index (χ2v) is 4.27. The van der Waals surface area contributed by atoms with Crippen molar-refractivity contribution in [2.75, 3.05) is 7.11 Å². The SMILES string of the molecule is COc1ccc(C(C)(C)C)c(C#N)c1. The molecule has 1 aromatic carbocycles. The van der Waals surface area contributed by atoms with E-state index in [0.29, 0.717) is 5.56 Å². The van der Waals surface area contributed by atoms with Gasteiger partial charge in [0.05, 0.1) is 18.7 Å². The molecule has 0 aromatic heterocycles. The number of ether oxygens (including phenoxy) is 1. The molecule has 1 rings (SSSR count). The summed E-state index contributed by atoms with van der Waals surface area (Å²) >= 11 is 0. The molecule has 0 spiro atoms. The van der Waals surface area contributed by atoms with Gasteiger partial charge in [-0.15, -0.1) is 0 Å². The van der Waals surface area contributed by atoms with Gasteiger partial charge in [0.2, 0.25) is 0 Å². The predicted octanol–water partition coefficient (Wildman–Crippen LogP) is 2.86. The Kier molecular flexibility index (Phi) is 2.81.